The second kappa shape index (κ2) is 15.1. The standard InChI is InChI=1S/C38H44N6O3/c1-40(25-30-10-4-3-5-11-30)37(45)41-20-16-31(17-21-41)26-44-29-39-24-34(44)28-42(19-9-23-47-2)38(46)43-22-18-33(27-43)36-15-8-13-32-12-6-7-14-35(32)36/h3-8,10-15,18,22,24,27,29,31H,9,16-17,19-21,23,25-26,28H2,1-2H3. The van der Waals surface area contributed by atoms with E-state index in [9.17, 15) is 9.59 Å². The predicted octanol–water partition coefficient (Wildman–Crippen LogP) is 6.98. The van der Waals surface area contributed by atoms with Gasteiger partial charge in [-0.3, -0.25) is 4.57 Å². The number of fused-ring (bicyclic) bond motifs is 1. The molecule has 9 heteroatoms. The summed E-state index contributed by atoms with van der Waals surface area (Å²) < 4.78 is 9.18. The normalized spacial score (nSPS) is 13.6. The van der Waals surface area contributed by atoms with Crippen LogP contribution in [0.1, 0.15) is 30.5 Å². The lowest BCUT2D eigenvalue weighted by Crippen LogP contribution is -2.45. The van der Waals surface area contributed by atoms with E-state index < -0.39 is 0 Å². The van der Waals surface area contributed by atoms with Crippen LogP contribution in [-0.4, -0.2) is 81.3 Å². The van der Waals surface area contributed by atoms with Crippen molar-refractivity contribution in [2.24, 2.45) is 5.92 Å². The Morgan fingerprint density at radius 1 is 0.915 bits per heavy atom. The maximum Gasteiger partial charge on any atom is 0.328 e. The Morgan fingerprint density at radius 2 is 1.68 bits per heavy atom. The predicted molar refractivity (Wildman–Crippen MR) is 185 cm³/mol. The molecule has 9 nitrogen and oxygen atoms in total. The summed E-state index contributed by atoms with van der Waals surface area (Å²) in [6, 6.07) is 26.7. The van der Waals surface area contributed by atoms with Gasteiger partial charge in [-0.2, -0.15) is 0 Å². The van der Waals surface area contributed by atoms with Gasteiger partial charge in [-0.05, 0) is 53.1 Å². The number of imidazole rings is 1. The first kappa shape index (κ1) is 32.1. The van der Waals surface area contributed by atoms with E-state index in [2.05, 4.69) is 39.9 Å². The third-order valence-electron chi connectivity index (χ3n) is 9.14. The Kier molecular flexibility index (Phi) is 10.3. The van der Waals surface area contributed by atoms with Crippen molar-refractivity contribution >= 4 is 22.8 Å². The number of amides is 3. The number of benzene rings is 3. The van der Waals surface area contributed by atoms with E-state index in [1.54, 1.807) is 16.6 Å². The molecule has 244 valence electrons. The number of rotatable bonds is 11. The van der Waals surface area contributed by atoms with Crippen molar-refractivity contribution in [2.75, 3.05) is 40.4 Å². The van der Waals surface area contributed by atoms with E-state index >= 15 is 0 Å². The molecular formula is C38H44N6O3. The Bertz CT molecular complexity index is 1770. The van der Waals surface area contributed by atoms with Gasteiger partial charge in [-0.15, -0.1) is 0 Å². The Hall–Kier alpha value is -4.89. The van der Waals surface area contributed by atoms with Gasteiger partial charge in [0, 0.05) is 77.6 Å². The molecule has 0 atom stereocenters. The van der Waals surface area contributed by atoms with Crippen LogP contribution in [0.4, 0.5) is 9.59 Å². The van der Waals surface area contributed by atoms with Crippen molar-refractivity contribution < 1.29 is 14.3 Å². The fourth-order valence-electron chi connectivity index (χ4n) is 6.55. The molecule has 47 heavy (non-hydrogen) atoms. The molecule has 2 aromatic heterocycles. The third kappa shape index (κ3) is 7.74. The second-order valence-electron chi connectivity index (χ2n) is 12.5. The van der Waals surface area contributed by atoms with Gasteiger partial charge in [0.25, 0.3) is 0 Å². The Morgan fingerprint density at radius 3 is 2.49 bits per heavy atom. The van der Waals surface area contributed by atoms with E-state index in [4.69, 9.17) is 4.74 Å². The van der Waals surface area contributed by atoms with E-state index in [1.165, 1.54) is 5.39 Å². The monoisotopic (exact) mass is 632 g/mol. The lowest BCUT2D eigenvalue weighted by atomic mass is 9.97. The molecule has 1 saturated heterocycles. The number of methoxy groups -OCH3 is 1. The van der Waals surface area contributed by atoms with Gasteiger partial charge in [0.1, 0.15) is 0 Å². The Labute approximate surface area is 277 Å². The van der Waals surface area contributed by atoms with Crippen molar-refractivity contribution in [3.05, 3.63) is 115 Å². The van der Waals surface area contributed by atoms with Gasteiger partial charge in [-0.1, -0.05) is 72.8 Å². The SMILES string of the molecule is COCCCN(Cc1cncn1CC1CCN(C(=O)N(C)Cc2ccccc2)CC1)C(=O)n1ccc(-c2cccc3ccccc23)c1. The van der Waals surface area contributed by atoms with Crippen LogP contribution >= 0.6 is 0 Å². The van der Waals surface area contributed by atoms with Crippen LogP contribution in [0, 0.1) is 5.92 Å². The van der Waals surface area contributed by atoms with E-state index in [1.807, 2.05) is 90.3 Å². The van der Waals surface area contributed by atoms with Gasteiger partial charge in [0.2, 0.25) is 0 Å². The molecule has 1 aliphatic heterocycles. The molecule has 1 aliphatic rings. The molecule has 1 fully saturated rings. The molecule has 0 N–H and O–H groups in total. The number of piperidine rings is 1. The number of hydrogen-bond acceptors (Lipinski definition) is 4. The minimum Gasteiger partial charge on any atom is -0.385 e. The van der Waals surface area contributed by atoms with Crippen LogP contribution in [0.5, 0.6) is 0 Å². The molecule has 0 aliphatic carbocycles. The molecule has 0 saturated carbocycles. The molecule has 0 bridgehead atoms. The lowest BCUT2D eigenvalue weighted by molar-refractivity contribution is 0.135. The van der Waals surface area contributed by atoms with Gasteiger partial charge < -0.3 is 24.0 Å². The number of nitrogens with zero attached hydrogens (tertiary/aromatic N) is 6. The average molecular weight is 633 g/mol. The molecule has 6 rings (SSSR count). The summed E-state index contributed by atoms with van der Waals surface area (Å²) in [6.45, 7) is 4.48. The maximum atomic E-state index is 13.9. The molecule has 5 aromatic rings. The summed E-state index contributed by atoms with van der Waals surface area (Å²) in [6.07, 6.45) is 10.1. The van der Waals surface area contributed by atoms with Crippen molar-refractivity contribution in [1.29, 1.82) is 0 Å². The largest absolute Gasteiger partial charge is 0.385 e. The highest BCUT2D eigenvalue weighted by atomic mass is 16.5. The van der Waals surface area contributed by atoms with Crippen molar-refractivity contribution in [1.82, 2.24) is 28.8 Å². The highest BCUT2D eigenvalue weighted by Gasteiger charge is 2.26. The first-order valence-corrected chi connectivity index (χ1v) is 16.5. The van der Waals surface area contributed by atoms with Crippen molar-refractivity contribution in [2.45, 2.75) is 38.9 Å². The highest BCUT2D eigenvalue weighted by Crippen LogP contribution is 2.29. The molecule has 0 radical (unpaired) electrons. The summed E-state index contributed by atoms with van der Waals surface area (Å²) in [5, 5.41) is 2.33. The number of urea groups is 1. The minimum absolute atomic E-state index is 0.0771. The number of carbonyl (C=O) groups is 2. The second-order valence-corrected chi connectivity index (χ2v) is 12.5. The molecule has 3 amide bonds. The number of likely N-dealkylation sites (tertiary alicyclic amines) is 1. The maximum absolute atomic E-state index is 13.9. The van der Waals surface area contributed by atoms with Crippen LogP contribution in [0.2, 0.25) is 0 Å². The summed E-state index contributed by atoms with van der Waals surface area (Å²) >= 11 is 0. The first-order chi connectivity index (χ1) is 23.0. The van der Waals surface area contributed by atoms with Crippen LogP contribution in [0.25, 0.3) is 21.9 Å². The zero-order chi connectivity index (χ0) is 32.6. The molecule has 0 unspecified atom stereocenters. The number of aromatic nitrogens is 3. The molecule has 3 heterocycles. The van der Waals surface area contributed by atoms with Gasteiger partial charge in [0.15, 0.2) is 0 Å². The topological polar surface area (TPSA) is 75.8 Å². The minimum atomic E-state index is -0.0771. The van der Waals surface area contributed by atoms with E-state index in [0.29, 0.717) is 32.2 Å². The molecule has 0 spiro atoms. The van der Waals surface area contributed by atoms with Crippen LogP contribution in [0.3, 0.4) is 0 Å². The van der Waals surface area contributed by atoms with Gasteiger partial charge in [-0.25, -0.2) is 14.6 Å². The first-order valence-electron chi connectivity index (χ1n) is 16.5. The third-order valence-corrected chi connectivity index (χ3v) is 9.14. The van der Waals surface area contributed by atoms with E-state index in [-0.39, 0.29) is 12.1 Å². The van der Waals surface area contributed by atoms with Crippen LogP contribution in [-0.2, 0) is 24.4 Å². The van der Waals surface area contributed by atoms with Gasteiger partial charge in [0.05, 0.1) is 18.6 Å². The molecule has 3 aromatic carbocycles. The van der Waals surface area contributed by atoms with Crippen molar-refractivity contribution in [3.63, 3.8) is 0 Å². The smallest absolute Gasteiger partial charge is 0.328 e. The van der Waals surface area contributed by atoms with Gasteiger partial charge >= 0.3 is 12.1 Å². The summed E-state index contributed by atoms with van der Waals surface area (Å²) in [7, 11) is 3.56. The number of hydrogen-bond donors (Lipinski definition) is 0. The number of ether oxygens (including phenoxy) is 1. The number of carbonyl (C=O) groups excluding carboxylic acids is 2. The zero-order valence-corrected chi connectivity index (χ0v) is 27.4. The fraction of sp³-hybridized carbons (Fsp3) is 0.342. The fourth-order valence-corrected chi connectivity index (χ4v) is 6.55. The van der Waals surface area contributed by atoms with Crippen LogP contribution < -0.4 is 0 Å². The van der Waals surface area contributed by atoms with Crippen LogP contribution in [0.15, 0.2) is 104 Å². The summed E-state index contributed by atoms with van der Waals surface area (Å²) in [5.74, 6) is 0.428. The van der Waals surface area contributed by atoms with E-state index in [0.717, 1.165) is 66.7 Å². The average Bonchev–Trinajstić information content (AvgIpc) is 3.78. The lowest BCUT2D eigenvalue weighted by Gasteiger charge is -2.35. The summed E-state index contributed by atoms with van der Waals surface area (Å²) in [5.41, 5.74) is 4.24. The quantitative estimate of drug-likeness (QED) is 0.147. The summed E-state index contributed by atoms with van der Waals surface area (Å²) in [4.78, 5) is 37.2. The Balaban J connectivity index is 1.09. The zero-order valence-electron chi connectivity index (χ0n) is 27.4. The highest BCUT2D eigenvalue weighted by molar-refractivity contribution is 5.97. The molecular weight excluding hydrogens is 588 g/mol. The van der Waals surface area contributed by atoms with Crippen molar-refractivity contribution in [3.8, 4) is 11.1 Å².